The maximum Gasteiger partial charge on any atom is 0.210 e. The fourth-order valence-corrected chi connectivity index (χ4v) is 2.58. The summed E-state index contributed by atoms with van der Waals surface area (Å²) in [7, 11) is 0. The van der Waals surface area contributed by atoms with Crippen LogP contribution in [0.3, 0.4) is 0 Å². The Morgan fingerprint density at radius 2 is 1.59 bits per heavy atom. The van der Waals surface area contributed by atoms with Crippen LogP contribution in [0.15, 0.2) is 20.2 Å². The molecule has 0 bridgehead atoms. The van der Waals surface area contributed by atoms with E-state index >= 15 is 0 Å². The summed E-state index contributed by atoms with van der Waals surface area (Å²) >= 11 is 0. The van der Waals surface area contributed by atoms with Crippen molar-refractivity contribution in [2.75, 3.05) is 39.4 Å². The Hall–Kier alpha value is -2.68. The minimum absolute atomic E-state index is 0.00874. The first-order valence-electron chi connectivity index (χ1n) is 8.50. The van der Waals surface area contributed by atoms with Crippen LogP contribution in [0.5, 0.6) is 0 Å². The summed E-state index contributed by atoms with van der Waals surface area (Å²) in [5.74, 6) is 11.8. The monoisotopic (exact) mass is 384 g/mol. The number of nitrogens with one attached hydrogen (secondary N) is 4. The van der Waals surface area contributed by atoms with E-state index in [4.69, 9.17) is 21.9 Å². The predicted octanol–water partition coefficient (Wildman–Crippen LogP) is -4.57. The molecule has 0 spiro atoms. The molecule has 0 aromatic rings. The lowest BCUT2D eigenvalue weighted by Gasteiger charge is -2.18. The number of aliphatic hydroxyl groups excluding tert-OH is 2. The van der Waals surface area contributed by atoms with Gasteiger partial charge >= 0.3 is 0 Å². The molecule has 0 saturated heterocycles. The summed E-state index contributed by atoms with van der Waals surface area (Å²) in [5, 5.41) is 26.4. The van der Waals surface area contributed by atoms with Gasteiger partial charge in [-0.25, -0.2) is 21.7 Å². The number of hydrogen-bond donors (Lipinski definition) is 8. The fourth-order valence-electron chi connectivity index (χ4n) is 2.58. The number of nitrogens with zero attached hydrogens (tertiary/aromatic N) is 6. The fraction of sp³-hybridized carbons (Fsp3) is 0.692. The minimum atomic E-state index is -0.274. The molecule has 14 heteroatoms. The van der Waals surface area contributed by atoms with E-state index in [0.717, 1.165) is 0 Å². The second kappa shape index (κ2) is 10.5. The molecule has 0 aromatic carbocycles. The molecule has 0 aromatic heterocycles. The third-order valence-corrected chi connectivity index (χ3v) is 3.80. The Labute approximate surface area is 157 Å². The average molecular weight is 384 g/mol. The van der Waals surface area contributed by atoms with Crippen LogP contribution in [0.2, 0.25) is 0 Å². The van der Waals surface area contributed by atoms with Gasteiger partial charge in [-0.05, 0) is 6.92 Å². The highest BCUT2D eigenvalue weighted by atomic mass is 16.3. The average Bonchev–Trinajstić information content (AvgIpc) is 3.24. The molecular formula is C13H28N12O2. The van der Waals surface area contributed by atoms with Crippen molar-refractivity contribution in [1.82, 2.24) is 31.5 Å². The number of hydrazine groups is 2. The van der Waals surface area contributed by atoms with E-state index in [1.165, 1.54) is 0 Å². The second-order valence-corrected chi connectivity index (χ2v) is 5.83. The minimum Gasteiger partial charge on any atom is -0.395 e. The van der Waals surface area contributed by atoms with Gasteiger partial charge in [-0.15, -0.1) is 0 Å². The van der Waals surface area contributed by atoms with Crippen molar-refractivity contribution in [3.05, 3.63) is 0 Å². The van der Waals surface area contributed by atoms with Gasteiger partial charge in [0.25, 0.3) is 0 Å². The van der Waals surface area contributed by atoms with Gasteiger partial charge in [0, 0.05) is 13.1 Å². The van der Waals surface area contributed by atoms with Gasteiger partial charge in [0.2, 0.25) is 11.9 Å². The zero-order valence-electron chi connectivity index (χ0n) is 15.2. The quantitative estimate of drug-likeness (QED) is 0.109. The van der Waals surface area contributed by atoms with Crippen LogP contribution in [-0.2, 0) is 0 Å². The van der Waals surface area contributed by atoms with E-state index in [1.54, 1.807) is 13.1 Å². The smallest absolute Gasteiger partial charge is 0.210 e. The van der Waals surface area contributed by atoms with Gasteiger partial charge in [-0.2, -0.15) is 10.2 Å². The highest BCUT2D eigenvalue weighted by Crippen LogP contribution is 2.05. The summed E-state index contributed by atoms with van der Waals surface area (Å²) in [6, 6.07) is 0. The highest BCUT2D eigenvalue weighted by molar-refractivity contribution is 6.29. The molecule has 0 amide bonds. The van der Waals surface area contributed by atoms with E-state index in [9.17, 15) is 0 Å². The normalized spacial score (nSPS) is 22.9. The molecule has 2 atom stereocenters. The third kappa shape index (κ3) is 5.92. The van der Waals surface area contributed by atoms with Crippen molar-refractivity contribution in [2.24, 2.45) is 31.9 Å². The van der Waals surface area contributed by atoms with Crippen molar-refractivity contribution in [2.45, 2.75) is 19.3 Å². The Bertz CT molecular complexity index is 592. The number of guanidine groups is 2. The number of β-amino-alcohol motifs (C(OH)–C–C–N with tert-alkyl or cyclic N) is 2. The van der Waals surface area contributed by atoms with E-state index in [-0.39, 0.29) is 25.5 Å². The second-order valence-electron chi connectivity index (χ2n) is 5.83. The Balaban J connectivity index is 1.79. The molecule has 0 saturated carbocycles. The van der Waals surface area contributed by atoms with Gasteiger partial charge in [0.15, 0.2) is 12.3 Å². The number of aliphatic hydroxyl groups is 2. The van der Waals surface area contributed by atoms with Crippen molar-refractivity contribution in [3.8, 4) is 0 Å². The lowest BCUT2D eigenvalue weighted by Crippen LogP contribution is -2.44. The third-order valence-electron chi connectivity index (χ3n) is 3.80. The van der Waals surface area contributed by atoms with Crippen LogP contribution in [0.4, 0.5) is 0 Å². The zero-order chi connectivity index (χ0) is 19.6. The number of hydrazone groups is 2. The van der Waals surface area contributed by atoms with Crippen LogP contribution >= 0.6 is 0 Å². The number of rotatable bonds is 9. The molecular weight excluding hydrogens is 356 g/mol. The van der Waals surface area contributed by atoms with Crippen LogP contribution in [-0.4, -0.2) is 95.6 Å². The summed E-state index contributed by atoms with van der Waals surface area (Å²) in [6.45, 7) is 3.75. The molecule has 0 aliphatic carbocycles. The molecule has 2 aliphatic rings. The van der Waals surface area contributed by atoms with Gasteiger partial charge in [-0.3, -0.25) is 21.7 Å². The highest BCUT2D eigenvalue weighted by Gasteiger charge is 2.24. The first-order valence-corrected chi connectivity index (χ1v) is 8.50. The number of aliphatic imine (C=N–C) groups is 2. The van der Waals surface area contributed by atoms with Crippen molar-refractivity contribution in [3.63, 3.8) is 0 Å². The molecule has 2 unspecified atom stereocenters. The van der Waals surface area contributed by atoms with Crippen LogP contribution < -0.4 is 33.4 Å². The largest absolute Gasteiger partial charge is 0.395 e. The van der Waals surface area contributed by atoms with Crippen molar-refractivity contribution < 1.29 is 10.2 Å². The first-order chi connectivity index (χ1) is 13.1. The Morgan fingerprint density at radius 3 is 2.07 bits per heavy atom. The molecule has 10 N–H and O–H groups in total. The summed E-state index contributed by atoms with van der Waals surface area (Å²) in [5.41, 5.74) is 11.4. The van der Waals surface area contributed by atoms with Gasteiger partial charge in [0.1, 0.15) is 0 Å². The molecule has 2 aliphatic heterocycles. The molecule has 27 heavy (non-hydrogen) atoms. The van der Waals surface area contributed by atoms with E-state index in [2.05, 4.69) is 41.9 Å². The topological polar surface area (TPSA) is 197 Å². The molecule has 0 radical (unpaired) electrons. The summed E-state index contributed by atoms with van der Waals surface area (Å²) in [6.07, 6.45) is 1.01. The van der Waals surface area contributed by atoms with Gasteiger partial charge < -0.3 is 20.0 Å². The van der Waals surface area contributed by atoms with Gasteiger partial charge in [0.05, 0.1) is 38.2 Å². The van der Waals surface area contributed by atoms with E-state index in [1.807, 2.05) is 9.80 Å². The first kappa shape index (κ1) is 20.6. The number of nitrogens with two attached hydrogens (primary N) is 2. The van der Waals surface area contributed by atoms with Crippen molar-refractivity contribution in [1.29, 1.82) is 0 Å². The maximum atomic E-state index is 9.04. The van der Waals surface area contributed by atoms with E-state index in [0.29, 0.717) is 43.8 Å². The lowest BCUT2D eigenvalue weighted by atomic mass is 10.4. The molecule has 0 fully saturated rings. The number of hydrogen-bond acceptors (Lipinski definition) is 14. The molecule has 152 valence electrons. The molecule has 14 nitrogen and oxygen atoms in total. The van der Waals surface area contributed by atoms with Gasteiger partial charge in [-0.1, -0.05) is 0 Å². The Morgan fingerprint density at radius 1 is 1.07 bits per heavy atom. The predicted molar refractivity (Wildman–Crippen MR) is 102 cm³/mol. The molecule has 2 rings (SSSR count). The SMILES string of the molecule is CC(C=NNC1CN(CCO)C(NN)=N1)=NNC1CN(CCO)C(NN)=N1. The molecule has 2 heterocycles. The standard InChI is InChI=1S/C13H28N12O2/c1-9(21-23-11-8-25(3-5-27)13(18-11)20-15)6-16-22-10-7-24(2-4-26)12(17-10)19-14/h6,10-11,22-23,26-27H,2-5,7-8,14-15H2,1H3,(H,17,19)(H,18,20). The maximum absolute atomic E-state index is 9.04. The van der Waals surface area contributed by atoms with Crippen LogP contribution in [0, 0.1) is 0 Å². The Kier molecular flexibility index (Phi) is 8.00. The summed E-state index contributed by atoms with van der Waals surface area (Å²) in [4.78, 5) is 12.3. The summed E-state index contributed by atoms with van der Waals surface area (Å²) < 4.78 is 0. The van der Waals surface area contributed by atoms with Crippen LogP contribution in [0.1, 0.15) is 6.92 Å². The van der Waals surface area contributed by atoms with Crippen LogP contribution in [0.25, 0.3) is 0 Å². The zero-order valence-corrected chi connectivity index (χ0v) is 15.2. The van der Waals surface area contributed by atoms with E-state index < -0.39 is 0 Å². The van der Waals surface area contributed by atoms with Crippen molar-refractivity contribution >= 4 is 23.8 Å². The lowest BCUT2D eigenvalue weighted by molar-refractivity contribution is 0.247.